The number of nitrogens with one attached hydrogen (secondary N) is 1. The Morgan fingerprint density at radius 2 is 2.21 bits per heavy atom. The molecule has 1 aliphatic rings. The van der Waals surface area contributed by atoms with Crippen molar-refractivity contribution in [2.24, 2.45) is 10.4 Å². The maximum absolute atomic E-state index is 6.88. The highest BCUT2D eigenvalue weighted by molar-refractivity contribution is 8.00. The van der Waals surface area contributed by atoms with Crippen LogP contribution in [0.25, 0.3) is 0 Å². The van der Waals surface area contributed by atoms with Gasteiger partial charge in [-0.2, -0.15) is 11.8 Å². The Morgan fingerprint density at radius 3 is 2.71 bits per heavy atom. The van der Waals surface area contributed by atoms with Crippen LogP contribution in [-0.4, -0.2) is 30.5 Å². The van der Waals surface area contributed by atoms with Crippen molar-refractivity contribution in [3.8, 4) is 0 Å². The normalized spacial score (nSPS) is 19.5. The van der Waals surface area contributed by atoms with E-state index in [1.165, 1.54) is 24.1 Å². The fourth-order valence-corrected chi connectivity index (χ4v) is 2.83. The standard InChI is InChI=1S/C11H20N2S/c1-2-11(9-14-10-11)8-13-7-5-3-4-6-12/h6-7,12H,2-5,8-10H2,1H3. The molecule has 0 atom stereocenters. The van der Waals surface area contributed by atoms with Crippen molar-refractivity contribution < 1.29 is 0 Å². The van der Waals surface area contributed by atoms with Crippen LogP contribution in [0.3, 0.4) is 0 Å². The molecule has 0 aromatic heterocycles. The summed E-state index contributed by atoms with van der Waals surface area (Å²) in [5, 5.41) is 6.88. The highest BCUT2D eigenvalue weighted by atomic mass is 32.2. The fraction of sp³-hybridized carbons (Fsp3) is 0.818. The Bertz CT molecular complexity index is 192. The molecule has 0 unspecified atom stereocenters. The molecule has 0 saturated carbocycles. The van der Waals surface area contributed by atoms with Crippen LogP contribution in [0, 0.1) is 10.8 Å². The van der Waals surface area contributed by atoms with Gasteiger partial charge in [0.25, 0.3) is 0 Å². The van der Waals surface area contributed by atoms with Crippen LogP contribution in [0.2, 0.25) is 0 Å². The van der Waals surface area contributed by atoms with E-state index in [1.54, 1.807) is 0 Å². The average molecular weight is 212 g/mol. The molecular weight excluding hydrogens is 192 g/mol. The van der Waals surface area contributed by atoms with E-state index in [9.17, 15) is 0 Å². The molecule has 0 amide bonds. The van der Waals surface area contributed by atoms with E-state index < -0.39 is 0 Å². The lowest BCUT2D eigenvalue weighted by Crippen LogP contribution is -2.37. The first-order chi connectivity index (χ1) is 6.83. The van der Waals surface area contributed by atoms with Gasteiger partial charge in [0.05, 0.1) is 0 Å². The predicted molar refractivity (Wildman–Crippen MR) is 66.0 cm³/mol. The maximum atomic E-state index is 6.88. The van der Waals surface area contributed by atoms with E-state index in [0.29, 0.717) is 5.41 Å². The number of thioether (sulfide) groups is 1. The number of hydrogen-bond donors (Lipinski definition) is 1. The van der Waals surface area contributed by atoms with Gasteiger partial charge in [0.2, 0.25) is 0 Å². The van der Waals surface area contributed by atoms with Crippen LogP contribution in [-0.2, 0) is 0 Å². The maximum Gasteiger partial charge on any atom is 0.0457 e. The second kappa shape index (κ2) is 6.23. The first-order valence-electron chi connectivity index (χ1n) is 5.38. The second-order valence-electron chi connectivity index (χ2n) is 4.00. The molecule has 0 aliphatic carbocycles. The third-order valence-electron chi connectivity index (χ3n) is 2.80. The number of aliphatic imine (C=N–C) groups is 1. The molecule has 0 bridgehead atoms. The van der Waals surface area contributed by atoms with Crippen molar-refractivity contribution in [3.05, 3.63) is 0 Å². The minimum Gasteiger partial charge on any atom is -0.313 e. The minimum atomic E-state index is 0.530. The number of nitrogens with zero attached hydrogens (tertiary/aromatic N) is 1. The van der Waals surface area contributed by atoms with Gasteiger partial charge in [0, 0.05) is 23.5 Å². The van der Waals surface area contributed by atoms with Gasteiger partial charge < -0.3 is 5.41 Å². The van der Waals surface area contributed by atoms with Gasteiger partial charge in [-0.25, -0.2) is 0 Å². The lowest BCUT2D eigenvalue weighted by atomic mass is 9.89. The molecule has 3 heteroatoms. The lowest BCUT2D eigenvalue weighted by molar-refractivity contribution is 0.361. The molecule has 14 heavy (non-hydrogen) atoms. The van der Waals surface area contributed by atoms with Crippen LogP contribution >= 0.6 is 11.8 Å². The van der Waals surface area contributed by atoms with Crippen molar-refractivity contribution in [2.75, 3.05) is 18.1 Å². The molecule has 2 nitrogen and oxygen atoms in total. The van der Waals surface area contributed by atoms with Crippen LogP contribution in [0.4, 0.5) is 0 Å². The Morgan fingerprint density at radius 1 is 1.43 bits per heavy atom. The third kappa shape index (κ3) is 3.45. The second-order valence-corrected chi connectivity index (χ2v) is 4.99. The largest absolute Gasteiger partial charge is 0.313 e. The van der Waals surface area contributed by atoms with E-state index in [1.807, 2.05) is 18.0 Å². The van der Waals surface area contributed by atoms with Crippen LogP contribution < -0.4 is 0 Å². The summed E-state index contributed by atoms with van der Waals surface area (Å²) in [4.78, 5) is 4.49. The van der Waals surface area contributed by atoms with Gasteiger partial charge in [0.1, 0.15) is 0 Å². The van der Waals surface area contributed by atoms with E-state index in [-0.39, 0.29) is 0 Å². The molecule has 1 N–H and O–H groups in total. The van der Waals surface area contributed by atoms with Gasteiger partial charge in [-0.3, -0.25) is 4.99 Å². The van der Waals surface area contributed by atoms with Gasteiger partial charge >= 0.3 is 0 Å². The van der Waals surface area contributed by atoms with Crippen molar-refractivity contribution >= 4 is 24.2 Å². The Hall–Kier alpha value is -0.310. The Labute approximate surface area is 91.1 Å². The minimum absolute atomic E-state index is 0.530. The number of hydrogen-bond acceptors (Lipinski definition) is 3. The van der Waals surface area contributed by atoms with Crippen molar-refractivity contribution in [2.45, 2.75) is 32.6 Å². The van der Waals surface area contributed by atoms with E-state index in [0.717, 1.165) is 25.8 Å². The van der Waals surface area contributed by atoms with Crippen LogP contribution in [0.15, 0.2) is 4.99 Å². The molecule has 1 heterocycles. The summed E-state index contributed by atoms with van der Waals surface area (Å²) in [6.07, 6.45) is 7.77. The van der Waals surface area contributed by atoms with Gasteiger partial charge in [-0.05, 0) is 38.1 Å². The Balaban J connectivity index is 2.09. The van der Waals surface area contributed by atoms with E-state index >= 15 is 0 Å². The third-order valence-corrected chi connectivity index (χ3v) is 4.44. The molecule has 0 aromatic carbocycles. The zero-order chi connectivity index (χ0) is 10.3. The van der Waals surface area contributed by atoms with Gasteiger partial charge in [0.15, 0.2) is 0 Å². The van der Waals surface area contributed by atoms with Gasteiger partial charge in [-0.1, -0.05) is 6.92 Å². The molecule has 1 aliphatic heterocycles. The summed E-state index contributed by atoms with van der Waals surface area (Å²) < 4.78 is 0. The topological polar surface area (TPSA) is 36.2 Å². The SMILES string of the molecule is CCC1(CN=CCCCC=N)CSC1. The zero-order valence-corrected chi connectivity index (χ0v) is 9.78. The number of unbranched alkanes of at least 4 members (excludes halogenated alkanes) is 2. The zero-order valence-electron chi connectivity index (χ0n) is 8.96. The fourth-order valence-electron chi connectivity index (χ4n) is 1.46. The first kappa shape index (κ1) is 11.8. The van der Waals surface area contributed by atoms with E-state index in [2.05, 4.69) is 11.9 Å². The molecule has 1 fully saturated rings. The monoisotopic (exact) mass is 212 g/mol. The highest BCUT2D eigenvalue weighted by Gasteiger charge is 2.35. The Kier molecular flexibility index (Phi) is 5.23. The smallest absolute Gasteiger partial charge is 0.0457 e. The summed E-state index contributed by atoms with van der Waals surface area (Å²) >= 11 is 2.04. The molecular formula is C11H20N2S. The molecule has 0 radical (unpaired) electrons. The quantitative estimate of drug-likeness (QED) is 0.511. The van der Waals surface area contributed by atoms with Gasteiger partial charge in [-0.15, -0.1) is 0 Å². The highest BCUT2D eigenvalue weighted by Crippen LogP contribution is 2.40. The number of rotatable bonds is 7. The average Bonchev–Trinajstić information content (AvgIpc) is 2.15. The molecule has 0 spiro atoms. The summed E-state index contributed by atoms with van der Waals surface area (Å²) in [5.41, 5.74) is 0.530. The lowest BCUT2D eigenvalue weighted by Gasteiger charge is -2.39. The molecule has 1 rings (SSSR count). The van der Waals surface area contributed by atoms with Crippen LogP contribution in [0.5, 0.6) is 0 Å². The van der Waals surface area contributed by atoms with Crippen molar-refractivity contribution in [3.63, 3.8) is 0 Å². The molecule has 0 aromatic rings. The van der Waals surface area contributed by atoms with E-state index in [4.69, 9.17) is 5.41 Å². The summed E-state index contributed by atoms with van der Waals surface area (Å²) in [6, 6.07) is 0. The molecule has 80 valence electrons. The van der Waals surface area contributed by atoms with Crippen molar-refractivity contribution in [1.29, 1.82) is 5.41 Å². The summed E-state index contributed by atoms with van der Waals surface area (Å²) in [5.74, 6) is 2.59. The van der Waals surface area contributed by atoms with Crippen LogP contribution in [0.1, 0.15) is 32.6 Å². The first-order valence-corrected chi connectivity index (χ1v) is 6.53. The summed E-state index contributed by atoms with van der Waals surface area (Å²) in [7, 11) is 0. The predicted octanol–water partition coefficient (Wildman–Crippen LogP) is 3.02. The summed E-state index contributed by atoms with van der Waals surface area (Å²) in [6.45, 7) is 3.28. The molecule has 1 saturated heterocycles. The van der Waals surface area contributed by atoms with Crippen molar-refractivity contribution in [1.82, 2.24) is 0 Å².